The Morgan fingerprint density at radius 3 is 2.50 bits per heavy atom. The van der Waals surface area contributed by atoms with Gasteiger partial charge in [-0.05, 0) is 18.6 Å². The van der Waals surface area contributed by atoms with Crippen molar-refractivity contribution in [3.8, 4) is 0 Å². The smallest absolute Gasteiger partial charge is 0.244 e. The number of hydrogen-bond donors (Lipinski definition) is 1. The van der Waals surface area contributed by atoms with Gasteiger partial charge in [0.15, 0.2) is 0 Å². The number of nitrogens with one attached hydrogen (secondary N) is 1. The van der Waals surface area contributed by atoms with Crippen molar-refractivity contribution in [1.82, 2.24) is 14.5 Å². The van der Waals surface area contributed by atoms with Crippen molar-refractivity contribution in [3.05, 3.63) is 29.3 Å². The third-order valence-electron chi connectivity index (χ3n) is 4.25. The molecule has 1 aromatic rings. The highest BCUT2D eigenvalue weighted by Crippen LogP contribution is 2.28. The molecule has 0 bridgehead atoms. The highest BCUT2D eigenvalue weighted by atomic mass is 35.5. The monoisotopic (exact) mass is 365 g/mol. The van der Waals surface area contributed by atoms with Crippen LogP contribution in [0.4, 0.5) is 0 Å². The maximum absolute atomic E-state index is 12.7. The molecule has 1 N–H and O–H groups in total. The fourth-order valence-electron chi connectivity index (χ4n) is 3.07. The minimum atomic E-state index is -3.48. The zero-order valence-electron chi connectivity index (χ0n) is 12.2. The van der Waals surface area contributed by atoms with Crippen LogP contribution in [0.15, 0.2) is 29.2 Å². The molecule has 3 rings (SSSR count). The van der Waals surface area contributed by atoms with Gasteiger partial charge in [-0.2, -0.15) is 4.31 Å². The molecule has 2 heterocycles. The van der Waals surface area contributed by atoms with Gasteiger partial charge in [0.25, 0.3) is 0 Å². The molecule has 1 atom stereocenters. The summed E-state index contributed by atoms with van der Waals surface area (Å²) in [5, 5.41) is 3.62. The maximum Gasteiger partial charge on any atom is 0.244 e. The van der Waals surface area contributed by atoms with Crippen LogP contribution >= 0.6 is 24.0 Å². The molecule has 2 fully saturated rings. The normalized spacial score (nSPS) is 24.1. The van der Waals surface area contributed by atoms with Crippen LogP contribution in [-0.2, 0) is 10.0 Å². The van der Waals surface area contributed by atoms with Gasteiger partial charge in [0.05, 0.1) is 5.02 Å². The number of rotatable bonds is 3. The van der Waals surface area contributed by atoms with E-state index in [1.165, 1.54) is 0 Å². The minimum absolute atomic E-state index is 0. The van der Waals surface area contributed by atoms with Crippen LogP contribution in [0.25, 0.3) is 0 Å². The first-order chi connectivity index (χ1) is 10.1. The largest absolute Gasteiger partial charge is 0.314 e. The zero-order valence-corrected chi connectivity index (χ0v) is 14.6. The number of nitrogens with zero attached hydrogens (tertiary/aromatic N) is 2. The lowest BCUT2D eigenvalue weighted by Crippen LogP contribution is -2.49. The standard InChI is InChI=1S/C14H20ClN3O2S.ClH/c15-13-3-1-2-4-14(13)21(19,20)18-8-5-12(11-18)17-9-6-16-7-10-17;/h1-4,12,16H,5-11H2;1H. The van der Waals surface area contributed by atoms with E-state index in [1.54, 1.807) is 28.6 Å². The SMILES string of the molecule is Cl.O=S(=O)(c1ccccc1Cl)N1CCC(N2CCNCC2)C1. The fraction of sp³-hybridized carbons (Fsp3) is 0.571. The van der Waals surface area contributed by atoms with Crippen molar-refractivity contribution in [2.75, 3.05) is 39.3 Å². The molecule has 0 saturated carbocycles. The Labute approximate surface area is 143 Å². The van der Waals surface area contributed by atoms with Crippen LogP contribution in [0, 0.1) is 0 Å². The quantitative estimate of drug-likeness (QED) is 0.880. The molecular formula is C14H21Cl2N3O2S. The van der Waals surface area contributed by atoms with E-state index in [2.05, 4.69) is 10.2 Å². The van der Waals surface area contributed by atoms with E-state index in [0.29, 0.717) is 24.2 Å². The molecule has 1 aromatic carbocycles. The van der Waals surface area contributed by atoms with Crippen molar-refractivity contribution < 1.29 is 8.42 Å². The fourth-order valence-corrected chi connectivity index (χ4v) is 5.05. The Bertz CT molecular complexity index is 606. The molecule has 2 aliphatic heterocycles. The second-order valence-corrected chi connectivity index (χ2v) is 7.84. The second kappa shape index (κ2) is 7.47. The molecule has 8 heteroatoms. The molecule has 0 aliphatic carbocycles. The predicted molar refractivity (Wildman–Crippen MR) is 90.3 cm³/mol. The summed E-state index contributed by atoms with van der Waals surface area (Å²) in [5.74, 6) is 0. The molecule has 22 heavy (non-hydrogen) atoms. The van der Waals surface area contributed by atoms with E-state index in [9.17, 15) is 8.42 Å². The summed E-state index contributed by atoms with van der Waals surface area (Å²) in [6.07, 6.45) is 0.893. The third-order valence-corrected chi connectivity index (χ3v) is 6.61. The van der Waals surface area contributed by atoms with Crippen molar-refractivity contribution in [2.45, 2.75) is 17.4 Å². The summed E-state index contributed by atoms with van der Waals surface area (Å²) in [6.45, 7) is 5.08. The molecule has 1 unspecified atom stereocenters. The summed E-state index contributed by atoms with van der Waals surface area (Å²) in [6, 6.07) is 6.98. The molecule has 0 spiro atoms. The average molecular weight is 366 g/mol. The van der Waals surface area contributed by atoms with Gasteiger partial charge < -0.3 is 5.32 Å². The molecular weight excluding hydrogens is 345 g/mol. The lowest BCUT2D eigenvalue weighted by atomic mass is 10.2. The number of benzene rings is 1. The number of hydrogen-bond acceptors (Lipinski definition) is 4. The maximum atomic E-state index is 12.7. The third kappa shape index (κ3) is 3.58. The topological polar surface area (TPSA) is 52.7 Å². The van der Waals surface area contributed by atoms with Gasteiger partial charge in [0.1, 0.15) is 4.90 Å². The van der Waals surface area contributed by atoms with Crippen LogP contribution in [0.3, 0.4) is 0 Å². The van der Waals surface area contributed by atoms with Gasteiger partial charge in [0, 0.05) is 45.3 Å². The Kier molecular flexibility index (Phi) is 6.10. The minimum Gasteiger partial charge on any atom is -0.314 e. The average Bonchev–Trinajstić information content (AvgIpc) is 2.99. The molecule has 0 radical (unpaired) electrons. The number of halogens is 2. The van der Waals surface area contributed by atoms with E-state index < -0.39 is 10.0 Å². The van der Waals surface area contributed by atoms with Crippen LogP contribution in [0.5, 0.6) is 0 Å². The Morgan fingerprint density at radius 1 is 1.14 bits per heavy atom. The lowest BCUT2D eigenvalue weighted by molar-refractivity contribution is 0.179. The van der Waals surface area contributed by atoms with E-state index in [4.69, 9.17) is 11.6 Å². The van der Waals surface area contributed by atoms with Crippen LogP contribution in [-0.4, -0.2) is 62.9 Å². The van der Waals surface area contributed by atoms with Gasteiger partial charge in [-0.3, -0.25) is 4.90 Å². The molecule has 2 aliphatic rings. The summed E-state index contributed by atoms with van der Waals surface area (Å²) in [4.78, 5) is 2.60. The van der Waals surface area contributed by atoms with Crippen LogP contribution in [0.1, 0.15) is 6.42 Å². The number of sulfonamides is 1. The summed E-state index contributed by atoms with van der Waals surface area (Å²) >= 11 is 6.05. The molecule has 0 aromatic heterocycles. The van der Waals surface area contributed by atoms with E-state index in [-0.39, 0.29) is 17.3 Å². The molecule has 124 valence electrons. The number of piperazine rings is 1. The van der Waals surface area contributed by atoms with E-state index in [1.807, 2.05) is 0 Å². The highest BCUT2D eigenvalue weighted by Gasteiger charge is 2.36. The van der Waals surface area contributed by atoms with Crippen LogP contribution in [0.2, 0.25) is 5.02 Å². The molecule has 5 nitrogen and oxygen atoms in total. The summed E-state index contributed by atoms with van der Waals surface area (Å²) < 4.78 is 27.0. The van der Waals surface area contributed by atoms with Crippen molar-refractivity contribution in [1.29, 1.82) is 0 Å². The zero-order chi connectivity index (χ0) is 14.9. The predicted octanol–water partition coefficient (Wildman–Crippen LogP) is 1.43. The first-order valence-electron chi connectivity index (χ1n) is 7.28. The van der Waals surface area contributed by atoms with Gasteiger partial charge in [-0.25, -0.2) is 8.42 Å². The Morgan fingerprint density at radius 2 is 1.82 bits per heavy atom. The van der Waals surface area contributed by atoms with Gasteiger partial charge in [-0.15, -0.1) is 12.4 Å². The van der Waals surface area contributed by atoms with Crippen molar-refractivity contribution >= 4 is 34.0 Å². The van der Waals surface area contributed by atoms with Crippen molar-refractivity contribution in [2.24, 2.45) is 0 Å². The first-order valence-corrected chi connectivity index (χ1v) is 9.10. The lowest BCUT2D eigenvalue weighted by Gasteiger charge is -2.32. The molecule has 0 amide bonds. The van der Waals surface area contributed by atoms with Gasteiger partial charge in [0.2, 0.25) is 10.0 Å². The highest BCUT2D eigenvalue weighted by molar-refractivity contribution is 7.89. The van der Waals surface area contributed by atoms with Crippen LogP contribution < -0.4 is 5.32 Å². The van der Waals surface area contributed by atoms with Gasteiger partial charge >= 0.3 is 0 Å². The van der Waals surface area contributed by atoms with Gasteiger partial charge in [-0.1, -0.05) is 23.7 Å². The Hall–Kier alpha value is -0.370. The summed E-state index contributed by atoms with van der Waals surface area (Å²) in [7, 11) is -3.48. The van der Waals surface area contributed by atoms with Crippen molar-refractivity contribution in [3.63, 3.8) is 0 Å². The van der Waals surface area contributed by atoms with E-state index >= 15 is 0 Å². The molecule has 2 saturated heterocycles. The first kappa shape index (κ1) is 18.0. The second-order valence-electron chi connectivity index (χ2n) is 5.52. The summed E-state index contributed by atoms with van der Waals surface area (Å²) in [5.41, 5.74) is 0. The van der Waals surface area contributed by atoms with E-state index in [0.717, 1.165) is 32.6 Å². The Balaban J connectivity index is 0.00000176.